The molecular weight excluding hydrogens is 318 g/mol. The SMILES string of the molecule is COCCn1nnc2c1CCN(C(=O)NC1CCc3ccccc31)C2. The lowest BCUT2D eigenvalue weighted by Gasteiger charge is -2.28. The number of ether oxygens (including phenoxy) is 1. The molecule has 1 aromatic heterocycles. The Labute approximate surface area is 147 Å². The van der Waals surface area contributed by atoms with Crippen molar-refractivity contribution in [1.29, 1.82) is 0 Å². The van der Waals surface area contributed by atoms with E-state index in [4.69, 9.17) is 4.74 Å². The van der Waals surface area contributed by atoms with Gasteiger partial charge in [0, 0.05) is 20.1 Å². The highest BCUT2D eigenvalue weighted by Crippen LogP contribution is 2.31. The van der Waals surface area contributed by atoms with Crippen LogP contribution in [0.15, 0.2) is 24.3 Å². The largest absolute Gasteiger partial charge is 0.383 e. The van der Waals surface area contributed by atoms with E-state index in [1.165, 1.54) is 11.1 Å². The second kappa shape index (κ2) is 6.84. The Hall–Kier alpha value is -2.41. The molecule has 132 valence electrons. The van der Waals surface area contributed by atoms with Gasteiger partial charge in [-0.25, -0.2) is 9.48 Å². The zero-order chi connectivity index (χ0) is 17.2. The van der Waals surface area contributed by atoms with E-state index in [-0.39, 0.29) is 12.1 Å². The van der Waals surface area contributed by atoms with Crippen LogP contribution >= 0.6 is 0 Å². The molecule has 1 aliphatic heterocycles. The molecular formula is C18H23N5O2. The van der Waals surface area contributed by atoms with Gasteiger partial charge in [0.2, 0.25) is 0 Å². The summed E-state index contributed by atoms with van der Waals surface area (Å²) in [5.74, 6) is 0. The molecule has 0 saturated carbocycles. The number of hydrogen-bond acceptors (Lipinski definition) is 4. The second-order valence-electron chi connectivity index (χ2n) is 6.61. The zero-order valence-corrected chi connectivity index (χ0v) is 14.4. The Balaban J connectivity index is 1.40. The maximum absolute atomic E-state index is 12.7. The van der Waals surface area contributed by atoms with E-state index in [1.807, 2.05) is 15.6 Å². The van der Waals surface area contributed by atoms with E-state index >= 15 is 0 Å². The number of fused-ring (bicyclic) bond motifs is 2. The summed E-state index contributed by atoms with van der Waals surface area (Å²) >= 11 is 0. The van der Waals surface area contributed by atoms with Crippen molar-refractivity contribution in [3.05, 3.63) is 46.8 Å². The van der Waals surface area contributed by atoms with E-state index in [0.717, 1.165) is 30.7 Å². The van der Waals surface area contributed by atoms with Gasteiger partial charge in [-0.1, -0.05) is 29.5 Å². The molecule has 1 atom stereocenters. The van der Waals surface area contributed by atoms with Crippen molar-refractivity contribution < 1.29 is 9.53 Å². The fraction of sp³-hybridized carbons (Fsp3) is 0.500. The summed E-state index contributed by atoms with van der Waals surface area (Å²) < 4.78 is 7.00. The maximum atomic E-state index is 12.7. The van der Waals surface area contributed by atoms with Crippen molar-refractivity contribution in [1.82, 2.24) is 25.2 Å². The van der Waals surface area contributed by atoms with Crippen LogP contribution in [0.25, 0.3) is 0 Å². The fourth-order valence-corrected chi connectivity index (χ4v) is 3.74. The van der Waals surface area contributed by atoms with E-state index in [0.29, 0.717) is 26.2 Å². The standard InChI is InChI=1S/C18H23N5O2/c1-25-11-10-23-17-8-9-22(12-16(17)20-21-23)18(24)19-15-7-6-13-4-2-3-5-14(13)15/h2-5,15H,6-12H2,1H3,(H,19,24). The molecule has 0 fully saturated rings. The highest BCUT2D eigenvalue weighted by molar-refractivity contribution is 5.75. The molecule has 25 heavy (non-hydrogen) atoms. The molecule has 0 bridgehead atoms. The van der Waals surface area contributed by atoms with Gasteiger partial charge in [-0.2, -0.15) is 0 Å². The smallest absolute Gasteiger partial charge is 0.318 e. The number of benzene rings is 1. The third-order valence-corrected chi connectivity index (χ3v) is 5.10. The molecule has 1 aromatic carbocycles. The minimum absolute atomic E-state index is 0.0150. The van der Waals surface area contributed by atoms with Crippen molar-refractivity contribution in [2.75, 3.05) is 20.3 Å². The van der Waals surface area contributed by atoms with Gasteiger partial charge in [0.1, 0.15) is 5.69 Å². The minimum Gasteiger partial charge on any atom is -0.383 e. The van der Waals surface area contributed by atoms with Crippen LogP contribution in [0, 0.1) is 0 Å². The van der Waals surface area contributed by atoms with Gasteiger partial charge in [-0.15, -0.1) is 5.10 Å². The quantitative estimate of drug-likeness (QED) is 0.918. The van der Waals surface area contributed by atoms with Gasteiger partial charge in [0.05, 0.1) is 31.4 Å². The number of aryl methyl sites for hydroxylation is 1. The molecule has 1 aliphatic carbocycles. The Bertz CT molecular complexity index is 773. The fourth-order valence-electron chi connectivity index (χ4n) is 3.74. The number of aromatic nitrogens is 3. The van der Waals surface area contributed by atoms with Gasteiger partial charge < -0.3 is 15.0 Å². The number of urea groups is 1. The molecule has 4 rings (SSSR count). The van der Waals surface area contributed by atoms with Crippen LogP contribution in [0.3, 0.4) is 0 Å². The van der Waals surface area contributed by atoms with Crippen molar-refractivity contribution in [2.24, 2.45) is 0 Å². The normalized spacial score (nSPS) is 18.8. The predicted octanol–water partition coefficient (Wildman–Crippen LogP) is 1.68. The Morgan fingerprint density at radius 2 is 2.24 bits per heavy atom. The molecule has 1 unspecified atom stereocenters. The van der Waals surface area contributed by atoms with Gasteiger partial charge in [0.25, 0.3) is 0 Å². The molecule has 7 nitrogen and oxygen atoms in total. The minimum atomic E-state index is -0.0150. The summed E-state index contributed by atoms with van der Waals surface area (Å²) in [5.41, 5.74) is 4.60. The number of carbonyl (C=O) groups excluding carboxylic acids is 1. The summed E-state index contributed by atoms with van der Waals surface area (Å²) in [6.07, 6.45) is 2.77. The number of carbonyl (C=O) groups is 1. The molecule has 2 heterocycles. The van der Waals surface area contributed by atoms with Crippen LogP contribution in [0.2, 0.25) is 0 Å². The third-order valence-electron chi connectivity index (χ3n) is 5.10. The number of amides is 2. The van der Waals surface area contributed by atoms with Crippen LogP contribution in [0.1, 0.15) is 35.0 Å². The Kier molecular flexibility index (Phi) is 4.40. The Morgan fingerprint density at radius 1 is 1.36 bits per heavy atom. The topological polar surface area (TPSA) is 72.3 Å². The monoisotopic (exact) mass is 341 g/mol. The number of rotatable bonds is 4. The van der Waals surface area contributed by atoms with Gasteiger partial charge in [-0.05, 0) is 24.0 Å². The molecule has 2 amide bonds. The first-order valence-corrected chi connectivity index (χ1v) is 8.79. The van der Waals surface area contributed by atoms with Crippen LogP contribution in [0.5, 0.6) is 0 Å². The molecule has 1 N–H and O–H groups in total. The van der Waals surface area contributed by atoms with E-state index < -0.39 is 0 Å². The second-order valence-corrected chi connectivity index (χ2v) is 6.61. The lowest BCUT2D eigenvalue weighted by molar-refractivity contribution is 0.178. The van der Waals surface area contributed by atoms with Crippen LogP contribution in [0.4, 0.5) is 4.79 Å². The number of methoxy groups -OCH3 is 1. The van der Waals surface area contributed by atoms with Gasteiger partial charge in [0.15, 0.2) is 0 Å². The lowest BCUT2D eigenvalue weighted by atomic mass is 10.1. The van der Waals surface area contributed by atoms with Crippen molar-refractivity contribution in [3.8, 4) is 0 Å². The van der Waals surface area contributed by atoms with Crippen molar-refractivity contribution in [2.45, 2.75) is 38.4 Å². The third kappa shape index (κ3) is 3.11. The average Bonchev–Trinajstić information content (AvgIpc) is 3.24. The highest BCUT2D eigenvalue weighted by atomic mass is 16.5. The first-order valence-electron chi connectivity index (χ1n) is 8.79. The first-order chi connectivity index (χ1) is 12.3. The first kappa shape index (κ1) is 16.1. The summed E-state index contributed by atoms with van der Waals surface area (Å²) in [6, 6.07) is 8.45. The average molecular weight is 341 g/mol. The van der Waals surface area contributed by atoms with Gasteiger partial charge in [-0.3, -0.25) is 0 Å². The molecule has 0 saturated heterocycles. The number of hydrogen-bond donors (Lipinski definition) is 1. The van der Waals surface area contributed by atoms with E-state index in [2.05, 4.69) is 33.8 Å². The summed E-state index contributed by atoms with van der Waals surface area (Å²) in [5, 5.41) is 11.6. The molecule has 7 heteroatoms. The zero-order valence-electron chi connectivity index (χ0n) is 14.4. The maximum Gasteiger partial charge on any atom is 0.318 e. The Morgan fingerprint density at radius 3 is 3.12 bits per heavy atom. The van der Waals surface area contributed by atoms with Gasteiger partial charge >= 0.3 is 6.03 Å². The van der Waals surface area contributed by atoms with Crippen LogP contribution in [-0.2, 0) is 30.7 Å². The summed E-state index contributed by atoms with van der Waals surface area (Å²) in [4.78, 5) is 14.5. The molecule has 2 aromatic rings. The highest BCUT2D eigenvalue weighted by Gasteiger charge is 2.29. The number of nitrogens with one attached hydrogen (secondary N) is 1. The van der Waals surface area contributed by atoms with Crippen molar-refractivity contribution in [3.63, 3.8) is 0 Å². The van der Waals surface area contributed by atoms with Crippen molar-refractivity contribution >= 4 is 6.03 Å². The van der Waals surface area contributed by atoms with E-state index in [1.54, 1.807) is 7.11 Å². The predicted molar refractivity (Wildman–Crippen MR) is 92.0 cm³/mol. The summed E-state index contributed by atoms with van der Waals surface area (Å²) in [7, 11) is 1.68. The summed E-state index contributed by atoms with van der Waals surface area (Å²) in [6.45, 7) is 2.51. The van der Waals surface area contributed by atoms with Crippen LogP contribution in [-0.4, -0.2) is 46.2 Å². The molecule has 0 radical (unpaired) electrons. The molecule has 0 spiro atoms. The molecule has 2 aliphatic rings. The van der Waals surface area contributed by atoms with Crippen LogP contribution < -0.4 is 5.32 Å². The lowest BCUT2D eigenvalue weighted by Crippen LogP contribution is -2.44. The van der Waals surface area contributed by atoms with E-state index in [9.17, 15) is 4.79 Å². The number of nitrogens with zero attached hydrogens (tertiary/aromatic N) is 4.